The van der Waals surface area contributed by atoms with E-state index < -0.39 is 5.56 Å². The summed E-state index contributed by atoms with van der Waals surface area (Å²) in [5, 5.41) is 0. The van der Waals surface area contributed by atoms with Crippen LogP contribution in [0, 0.1) is 0 Å². The van der Waals surface area contributed by atoms with Gasteiger partial charge in [0.15, 0.2) is 5.52 Å². The maximum Gasteiger partial charge on any atom is 0.332 e. The zero-order valence-electron chi connectivity index (χ0n) is 10.3. The molecule has 0 fully saturated rings. The normalized spacial score (nSPS) is 13.2. The lowest BCUT2D eigenvalue weighted by Gasteiger charge is -2.07. The first-order chi connectivity index (χ1) is 7.86. The molecule has 2 heterocycles. The van der Waals surface area contributed by atoms with Crippen LogP contribution in [-0.4, -0.2) is 18.7 Å². The van der Waals surface area contributed by atoms with Crippen molar-refractivity contribution >= 4 is 11.2 Å². The van der Waals surface area contributed by atoms with Crippen LogP contribution in [0.5, 0.6) is 0 Å². The summed E-state index contributed by atoms with van der Waals surface area (Å²) in [6, 6.07) is -0.299. The summed E-state index contributed by atoms with van der Waals surface area (Å²) in [6.07, 6.45) is 0. The Hall–Kier alpha value is -1.89. The van der Waals surface area contributed by atoms with Crippen LogP contribution in [0.4, 0.5) is 0 Å². The van der Waals surface area contributed by atoms with Crippen LogP contribution < -0.4 is 17.0 Å². The van der Waals surface area contributed by atoms with E-state index in [4.69, 9.17) is 5.73 Å². The van der Waals surface area contributed by atoms with Crippen LogP contribution in [0.3, 0.4) is 0 Å². The minimum atomic E-state index is -0.398. The van der Waals surface area contributed by atoms with Gasteiger partial charge in [-0.15, -0.1) is 0 Å². The lowest BCUT2D eigenvalue weighted by Crippen LogP contribution is -2.37. The Morgan fingerprint density at radius 3 is 2.24 bits per heavy atom. The fraction of sp³-hybridized carbons (Fsp3) is 0.500. The molecule has 0 aliphatic heterocycles. The third-order valence-electron chi connectivity index (χ3n) is 2.91. The molecule has 7 nitrogen and oxygen atoms in total. The highest BCUT2D eigenvalue weighted by Gasteiger charge is 2.18. The molecule has 0 spiro atoms. The molecule has 0 amide bonds. The molecule has 2 aromatic heterocycles. The third kappa shape index (κ3) is 1.42. The van der Waals surface area contributed by atoms with Gasteiger partial charge in [-0.25, -0.2) is 9.78 Å². The summed E-state index contributed by atoms with van der Waals surface area (Å²) in [5.41, 5.74) is 5.76. The van der Waals surface area contributed by atoms with E-state index in [1.54, 1.807) is 25.6 Å². The second kappa shape index (κ2) is 3.56. The Balaban J connectivity index is 3.08. The van der Waals surface area contributed by atoms with Crippen LogP contribution in [-0.2, 0) is 21.1 Å². The fourth-order valence-electron chi connectivity index (χ4n) is 2.00. The van der Waals surface area contributed by atoms with E-state index in [9.17, 15) is 9.59 Å². The van der Waals surface area contributed by atoms with E-state index >= 15 is 0 Å². The number of aryl methyl sites for hydroxylation is 2. The van der Waals surface area contributed by atoms with Crippen molar-refractivity contribution in [1.82, 2.24) is 18.7 Å². The van der Waals surface area contributed by atoms with Crippen LogP contribution >= 0.6 is 0 Å². The van der Waals surface area contributed by atoms with Crippen molar-refractivity contribution < 1.29 is 0 Å². The van der Waals surface area contributed by atoms with Gasteiger partial charge in [0, 0.05) is 21.1 Å². The van der Waals surface area contributed by atoms with Gasteiger partial charge in [-0.3, -0.25) is 13.9 Å². The standard InChI is InChI=1S/C10H15N5O2/c1-5(11)7-12-6-8(13(7)2)14(3)10(17)15(4)9(6)16/h5H,11H2,1-4H3. The van der Waals surface area contributed by atoms with Crippen molar-refractivity contribution in [3.8, 4) is 0 Å². The summed E-state index contributed by atoms with van der Waals surface area (Å²) in [5.74, 6) is 0.582. The summed E-state index contributed by atoms with van der Waals surface area (Å²) in [7, 11) is 4.79. The van der Waals surface area contributed by atoms with Crippen molar-refractivity contribution in [2.75, 3.05) is 0 Å². The number of aromatic nitrogens is 4. The first-order valence-corrected chi connectivity index (χ1v) is 5.24. The van der Waals surface area contributed by atoms with Gasteiger partial charge < -0.3 is 10.3 Å². The molecule has 92 valence electrons. The predicted octanol–water partition coefficient (Wildman–Crippen LogP) is -1.01. The van der Waals surface area contributed by atoms with Gasteiger partial charge in [0.25, 0.3) is 5.56 Å². The van der Waals surface area contributed by atoms with Crippen LogP contribution in [0.25, 0.3) is 11.2 Å². The van der Waals surface area contributed by atoms with E-state index in [1.165, 1.54) is 11.6 Å². The molecule has 0 radical (unpaired) electrons. The van der Waals surface area contributed by atoms with Crippen molar-refractivity contribution in [1.29, 1.82) is 0 Å². The SMILES string of the molecule is CC(N)c1nc2c(=O)n(C)c(=O)n(C)c2n1C. The number of nitrogens with zero attached hydrogens (tertiary/aromatic N) is 4. The van der Waals surface area contributed by atoms with E-state index in [0.717, 1.165) is 4.57 Å². The number of hydrogen-bond acceptors (Lipinski definition) is 4. The lowest BCUT2D eigenvalue weighted by molar-refractivity contribution is 0.670. The molecule has 0 bridgehead atoms. The van der Waals surface area contributed by atoms with Gasteiger partial charge in [-0.05, 0) is 6.92 Å². The molecule has 17 heavy (non-hydrogen) atoms. The molecule has 0 aromatic carbocycles. The van der Waals surface area contributed by atoms with Crippen LogP contribution in [0.1, 0.15) is 18.8 Å². The topological polar surface area (TPSA) is 87.8 Å². The zero-order valence-corrected chi connectivity index (χ0v) is 10.3. The largest absolute Gasteiger partial charge is 0.332 e. The predicted molar refractivity (Wildman–Crippen MR) is 63.8 cm³/mol. The average molecular weight is 237 g/mol. The highest BCUT2D eigenvalue weighted by Crippen LogP contribution is 2.13. The molecular formula is C10H15N5O2. The highest BCUT2D eigenvalue weighted by molar-refractivity contribution is 5.70. The number of hydrogen-bond donors (Lipinski definition) is 1. The molecule has 2 rings (SSSR count). The molecule has 1 atom stereocenters. The van der Waals surface area contributed by atoms with E-state index in [1.807, 2.05) is 0 Å². The first kappa shape index (κ1) is 11.6. The summed E-state index contributed by atoms with van der Waals surface area (Å²) >= 11 is 0. The smallest absolute Gasteiger partial charge is 0.322 e. The van der Waals surface area contributed by atoms with Gasteiger partial charge in [0.2, 0.25) is 0 Å². The Kier molecular flexibility index (Phi) is 2.43. The Labute approximate surface area is 97.1 Å². The van der Waals surface area contributed by atoms with Crippen molar-refractivity contribution in [3.63, 3.8) is 0 Å². The quantitative estimate of drug-likeness (QED) is 0.688. The lowest BCUT2D eigenvalue weighted by atomic mass is 10.3. The second-order valence-corrected chi connectivity index (χ2v) is 4.20. The monoisotopic (exact) mass is 237 g/mol. The second-order valence-electron chi connectivity index (χ2n) is 4.20. The molecule has 1 unspecified atom stereocenters. The van der Waals surface area contributed by atoms with E-state index in [-0.39, 0.29) is 17.2 Å². The molecule has 0 saturated heterocycles. The average Bonchev–Trinajstić information content (AvgIpc) is 2.62. The van der Waals surface area contributed by atoms with Gasteiger partial charge in [0.05, 0.1) is 6.04 Å². The van der Waals surface area contributed by atoms with Crippen molar-refractivity contribution in [2.45, 2.75) is 13.0 Å². The molecule has 0 aliphatic rings. The molecule has 0 aliphatic carbocycles. The van der Waals surface area contributed by atoms with E-state index in [2.05, 4.69) is 4.98 Å². The Morgan fingerprint density at radius 1 is 1.12 bits per heavy atom. The number of nitrogens with two attached hydrogens (primary N) is 1. The molecule has 2 aromatic rings. The van der Waals surface area contributed by atoms with Crippen LogP contribution in [0.2, 0.25) is 0 Å². The molecule has 7 heteroatoms. The van der Waals surface area contributed by atoms with Gasteiger partial charge in [-0.2, -0.15) is 0 Å². The molecule has 0 saturated carbocycles. The minimum Gasteiger partial charge on any atom is -0.322 e. The van der Waals surface area contributed by atoms with Crippen molar-refractivity contribution in [2.24, 2.45) is 26.9 Å². The number of rotatable bonds is 1. The molecular weight excluding hydrogens is 222 g/mol. The van der Waals surface area contributed by atoms with Crippen LogP contribution in [0.15, 0.2) is 9.59 Å². The summed E-state index contributed by atoms with van der Waals surface area (Å²) < 4.78 is 4.12. The Bertz CT molecular complexity index is 704. The summed E-state index contributed by atoms with van der Waals surface area (Å²) in [4.78, 5) is 27.9. The highest BCUT2D eigenvalue weighted by atomic mass is 16.2. The number of imidazole rings is 1. The minimum absolute atomic E-state index is 0.268. The summed E-state index contributed by atoms with van der Waals surface area (Å²) in [6.45, 7) is 1.78. The van der Waals surface area contributed by atoms with Crippen molar-refractivity contribution in [3.05, 3.63) is 26.7 Å². The number of fused-ring (bicyclic) bond motifs is 1. The maximum absolute atomic E-state index is 11.9. The molecule has 2 N–H and O–H groups in total. The fourth-order valence-corrected chi connectivity index (χ4v) is 2.00. The zero-order chi connectivity index (χ0) is 12.9. The van der Waals surface area contributed by atoms with Gasteiger partial charge >= 0.3 is 5.69 Å². The first-order valence-electron chi connectivity index (χ1n) is 5.24. The van der Waals surface area contributed by atoms with Gasteiger partial charge in [-0.1, -0.05) is 0 Å². The maximum atomic E-state index is 11.9. The van der Waals surface area contributed by atoms with Gasteiger partial charge in [0.1, 0.15) is 11.5 Å². The van der Waals surface area contributed by atoms with E-state index in [0.29, 0.717) is 11.5 Å². The Morgan fingerprint density at radius 2 is 1.71 bits per heavy atom. The third-order valence-corrected chi connectivity index (χ3v) is 2.91.